The first-order valence-corrected chi connectivity index (χ1v) is 5.87. The minimum Gasteiger partial charge on any atom is -0.389 e. The fourth-order valence-corrected chi connectivity index (χ4v) is 2.10. The van der Waals surface area contributed by atoms with Crippen molar-refractivity contribution < 1.29 is 5.11 Å². The third kappa shape index (κ3) is 2.18. The molecule has 1 aromatic carbocycles. The van der Waals surface area contributed by atoms with Gasteiger partial charge >= 0.3 is 0 Å². The minimum atomic E-state index is -0.454. The van der Waals surface area contributed by atoms with Crippen molar-refractivity contribution in [3.8, 4) is 5.69 Å². The van der Waals surface area contributed by atoms with Gasteiger partial charge < -0.3 is 5.11 Å². The molecule has 1 N–H and O–H groups in total. The van der Waals surface area contributed by atoms with E-state index in [2.05, 4.69) is 21.0 Å². The first-order chi connectivity index (χ1) is 7.58. The van der Waals surface area contributed by atoms with Gasteiger partial charge in [-0.2, -0.15) is 5.10 Å². The van der Waals surface area contributed by atoms with Crippen LogP contribution < -0.4 is 0 Å². The van der Waals surface area contributed by atoms with Crippen LogP contribution in [0, 0.1) is 6.92 Å². The van der Waals surface area contributed by atoms with E-state index in [4.69, 9.17) is 0 Å². The maximum absolute atomic E-state index is 9.47. The van der Waals surface area contributed by atoms with Crippen LogP contribution in [-0.2, 0) is 0 Å². The smallest absolute Gasteiger partial charge is 0.0787 e. The van der Waals surface area contributed by atoms with E-state index in [1.165, 1.54) is 0 Å². The van der Waals surface area contributed by atoms with Crippen LogP contribution in [0.25, 0.3) is 5.69 Å². The van der Waals surface area contributed by atoms with E-state index in [0.717, 1.165) is 21.4 Å². The van der Waals surface area contributed by atoms with E-state index in [1.807, 2.05) is 42.1 Å². The molecular weight excluding hydrogens is 268 g/mol. The van der Waals surface area contributed by atoms with Crippen LogP contribution in [-0.4, -0.2) is 14.9 Å². The summed E-state index contributed by atoms with van der Waals surface area (Å²) in [5.41, 5.74) is 2.84. The Balaban J connectivity index is 2.44. The molecule has 0 saturated heterocycles. The largest absolute Gasteiger partial charge is 0.389 e. The fraction of sp³-hybridized carbons (Fsp3) is 0.250. The number of nitrogens with zero attached hydrogens (tertiary/aromatic N) is 2. The van der Waals surface area contributed by atoms with Crippen LogP contribution in [0.4, 0.5) is 0 Å². The van der Waals surface area contributed by atoms with Crippen molar-refractivity contribution in [3.05, 3.63) is 46.2 Å². The van der Waals surface area contributed by atoms with E-state index in [0.29, 0.717) is 0 Å². The monoisotopic (exact) mass is 280 g/mol. The molecule has 84 valence electrons. The number of aliphatic hydroxyl groups is 1. The number of aryl methyl sites for hydroxylation is 1. The molecule has 0 aliphatic carbocycles. The second-order valence-electron chi connectivity index (χ2n) is 3.79. The summed E-state index contributed by atoms with van der Waals surface area (Å²) < 4.78 is 2.74. The molecule has 1 heterocycles. The van der Waals surface area contributed by atoms with Crippen LogP contribution >= 0.6 is 15.9 Å². The average Bonchev–Trinajstić information content (AvgIpc) is 2.64. The third-order valence-electron chi connectivity index (χ3n) is 2.42. The number of hydrogen-bond donors (Lipinski definition) is 1. The van der Waals surface area contributed by atoms with E-state index >= 15 is 0 Å². The fourth-order valence-electron chi connectivity index (χ4n) is 1.52. The molecule has 0 amide bonds. The maximum atomic E-state index is 9.47. The molecule has 3 nitrogen and oxygen atoms in total. The number of rotatable bonds is 2. The molecule has 1 aromatic heterocycles. The molecule has 0 saturated carbocycles. The molecule has 0 aliphatic rings. The van der Waals surface area contributed by atoms with Gasteiger partial charge in [0.25, 0.3) is 0 Å². The van der Waals surface area contributed by atoms with Crippen molar-refractivity contribution in [2.45, 2.75) is 20.0 Å². The highest BCUT2D eigenvalue weighted by Gasteiger charge is 2.07. The van der Waals surface area contributed by atoms with Gasteiger partial charge in [0.15, 0.2) is 0 Å². The van der Waals surface area contributed by atoms with Crippen molar-refractivity contribution in [3.63, 3.8) is 0 Å². The lowest BCUT2D eigenvalue weighted by atomic mass is 10.1. The zero-order valence-electron chi connectivity index (χ0n) is 9.18. The van der Waals surface area contributed by atoms with Crippen molar-refractivity contribution in [1.29, 1.82) is 0 Å². The van der Waals surface area contributed by atoms with Crippen molar-refractivity contribution >= 4 is 15.9 Å². The predicted octanol–water partition coefficient (Wildman–Crippen LogP) is 3.00. The van der Waals surface area contributed by atoms with Crippen LogP contribution in [0.5, 0.6) is 0 Å². The van der Waals surface area contributed by atoms with E-state index in [1.54, 1.807) is 6.92 Å². The topological polar surface area (TPSA) is 38.0 Å². The minimum absolute atomic E-state index is 0.454. The van der Waals surface area contributed by atoms with E-state index in [9.17, 15) is 5.11 Å². The van der Waals surface area contributed by atoms with Gasteiger partial charge in [0.1, 0.15) is 0 Å². The van der Waals surface area contributed by atoms with Gasteiger partial charge in [-0.25, -0.2) is 4.68 Å². The molecule has 0 unspecified atom stereocenters. The van der Waals surface area contributed by atoms with Gasteiger partial charge in [-0.15, -0.1) is 0 Å². The quantitative estimate of drug-likeness (QED) is 0.919. The number of aromatic nitrogens is 2. The molecule has 1 atom stereocenters. The molecule has 0 radical (unpaired) electrons. The van der Waals surface area contributed by atoms with Crippen molar-refractivity contribution in [2.75, 3.05) is 0 Å². The number of aliphatic hydroxyl groups excluding tert-OH is 1. The molecule has 16 heavy (non-hydrogen) atoms. The third-order valence-corrected chi connectivity index (χ3v) is 3.06. The highest BCUT2D eigenvalue weighted by Crippen LogP contribution is 2.24. The van der Waals surface area contributed by atoms with E-state index < -0.39 is 6.10 Å². The number of hydrogen-bond acceptors (Lipinski definition) is 2. The summed E-state index contributed by atoms with van der Waals surface area (Å²) in [4.78, 5) is 0. The van der Waals surface area contributed by atoms with Gasteiger partial charge in [0.05, 0.1) is 17.5 Å². The van der Waals surface area contributed by atoms with E-state index in [-0.39, 0.29) is 0 Å². The molecule has 2 aromatic rings. The Morgan fingerprint density at radius 2 is 2.12 bits per heavy atom. The molecule has 0 bridgehead atoms. The van der Waals surface area contributed by atoms with Crippen LogP contribution in [0.1, 0.15) is 24.3 Å². The molecule has 2 rings (SSSR count). The standard InChI is InChI=1S/C12H13BrN2O/c1-8-5-6-15(14-8)12-4-3-10(9(2)16)7-11(12)13/h3-7,9,16H,1-2H3/t9-/m0/s1. The normalized spacial score (nSPS) is 12.8. The summed E-state index contributed by atoms with van der Waals surface area (Å²) >= 11 is 3.49. The lowest BCUT2D eigenvalue weighted by Crippen LogP contribution is -1.98. The summed E-state index contributed by atoms with van der Waals surface area (Å²) in [5, 5.41) is 13.8. The van der Waals surface area contributed by atoms with Crippen molar-refractivity contribution in [2.24, 2.45) is 0 Å². The van der Waals surface area contributed by atoms with Gasteiger partial charge in [0, 0.05) is 10.7 Å². The number of halogens is 1. The second-order valence-corrected chi connectivity index (χ2v) is 4.64. The molecule has 0 spiro atoms. The molecule has 0 fully saturated rings. The summed E-state index contributed by atoms with van der Waals surface area (Å²) in [7, 11) is 0. The highest BCUT2D eigenvalue weighted by atomic mass is 79.9. The lowest BCUT2D eigenvalue weighted by Gasteiger charge is -2.09. The number of benzene rings is 1. The Morgan fingerprint density at radius 1 is 1.38 bits per heavy atom. The molecule has 0 aliphatic heterocycles. The molecule has 4 heteroatoms. The van der Waals surface area contributed by atoms with Crippen LogP contribution in [0.2, 0.25) is 0 Å². The first-order valence-electron chi connectivity index (χ1n) is 5.08. The lowest BCUT2D eigenvalue weighted by molar-refractivity contribution is 0.199. The average molecular weight is 281 g/mol. The Hall–Kier alpha value is -1.13. The summed E-state index contributed by atoms with van der Waals surface area (Å²) in [6.07, 6.45) is 1.46. The first kappa shape index (κ1) is 11.4. The van der Waals surface area contributed by atoms with Crippen LogP contribution in [0.15, 0.2) is 34.9 Å². The Bertz CT molecular complexity index is 505. The summed E-state index contributed by atoms with van der Waals surface area (Å²) in [6.45, 7) is 3.70. The maximum Gasteiger partial charge on any atom is 0.0787 e. The van der Waals surface area contributed by atoms with Crippen molar-refractivity contribution in [1.82, 2.24) is 9.78 Å². The SMILES string of the molecule is Cc1ccn(-c2ccc([C@H](C)O)cc2Br)n1. The van der Waals surface area contributed by atoms with Gasteiger partial charge in [-0.1, -0.05) is 6.07 Å². The predicted molar refractivity (Wildman–Crippen MR) is 66.6 cm³/mol. The second kappa shape index (κ2) is 4.39. The Morgan fingerprint density at radius 3 is 2.62 bits per heavy atom. The zero-order chi connectivity index (χ0) is 11.7. The molecular formula is C12H13BrN2O. The van der Waals surface area contributed by atoms with Crippen LogP contribution in [0.3, 0.4) is 0 Å². The summed E-state index contributed by atoms with van der Waals surface area (Å²) in [6, 6.07) is 7.71. The van der Waals surface area contributed by atoms with Gasteiger partial charge in [-0.05, 0) is 53.5 Å². The van der Waals surface area contributed by atoms with Gasteiger partial charge in [-0.3, -0.25) is 0 Å². The van der Waals surface area contributed by atoms with Gasteiger partial charge in [0.2, 0.25) is 0 Å². The summed E-state index contributed by atoms with van der Waals surface area (Å²) in [5.74, 6) is 0. The Kier molecular flexibility index (Phi) is 3.12. The Labute approximate surface area is 103 Å². The highest BCUT2D eigenvalue weighted by molar-refractivity contribution is 9.10. The zero-order valence-corrected chi connectivity index (χ0v) is 10.8.